The number of carboxylic acid groups (broad SMARTS) is 3. The number of aromatic nitrogens is 2. The maximum absolute atomic E-state index is 15.6. The predicted molar refractivity (Wildman–Crippen MR) is 512 cm³/mol. The van der Waals surface area contributed by atoms with E-state index in [1.54, 1.807) is 81.0 Å². The number of hydrogen-bond acceptors (Lipinski definition) is 25. The summed E-state index contributed by atoms with van der Waals surface area (Å²) in [5.74, 6) is -21.1. The van der Waals surface area contributed by atoms with Crippen molar-refractivity contribution >= 4 is 152 Å². The number of para-hydroxylation sites is 2. The number of phenols is 2. The van der Waals surface area contributed by atoms with Crippen molar-refractivity contribution < 1.29 is 112 Å². The number of aliphatic carboxylic acids is 3. The smallest absolute Gasteiger partial charge is 0.322 e. The summed E-state index contributed by atoms with van der Waals surface area (Å²) in [5.41, 5.74) is 31.1. The van der Waals surface area contributed by atoms with Crippen LogP contribution in [0, 0.1) is 16.7 Å². The number of primary amides is 1. The third-order valence-corrected chi connectivity index (χ3v) is 23.5. The maximum Gasteiger partial charge on any atom is 0.322 e. The van der Waals surface area contributed by atoms with E-state index in [2.05, 4.69) is 89.7 Å². The van der Waals surface area contributed by atoms with E-state index in [4.69, 9.17) is 39.5 Å². The second kappa shape index (κ2) is 56.5. The topological polar surface area (TPSA) is 801 Å². The summed E-state index contributed by atoms with van der Waals surface area (Å²) in [7, 11) is 0. The number of thioether (sulfide) groups is 1. The molecule has 0 saturated carbocycles. The number of aromatic hydroxyl groups is 2. The van der Waals surface area contributed by atoms with Gasteiger partial charge in [0.2, 0.25) is 88.6 Å². The van der Waals surface area contributed by atoms with Crippen LogP contribution in [0.5, 0.6) is 11.5 Å². The summed E-state index contributed by atoms with van der Waals surface area (Å²) in [6.45, 7) is 2.09. The molecular formula is C91H127N25O23S. The van der Waals surface area contributed by atoms with E-state index in [9.17, 15) is 87.9 Å². The number of fused-ring (bicyclic) bond motifs is 2. The standard InChI is InChI=1S/C91H127N25O23S/c1-48(2)76(94)88(138)103-46-72(120)105-64(19-11-36-100-91(97)98)89(139)116-37-12-20-70(116)87(137)110-62(30-32-73(121)122)81(131)113-68(42-52-45-102-58-16-7-5-14-56(52)58)85(135)114-67(41-51-44-101-57-15-6-4-13-55(51)57)84(134)109-63(33-38-140-3)82(132)115-69(43-74(123)124)86(136)112-66(40-50-23-27-54(118)28-24-50)83(133)108-61(29-31-71(93)119)80(130)106-59(17-8-9-34-92)78(128)107-60(18-10-35-99-90(95)96)79(129)111-65(77(127)104-47-75(125)126)39-49-21-25-53(117)26-22-49/h4-7,13-16,21-28,44-45,48,59-70,76,101-102,117-118H,8-12,17-20,29-43,46-47,92,94H2,1-3H3,(H2,93,119)(H,103,138)(H,104,127)(H,105,120)(H,106,130)(H,107,128)(H,108,133)(H,109,134)(H,110,137)(H,111,129)(H,112,136)(H,113,131)(H,114,135)(H,115,132)(H,121,122)(H,123,124)(H,125,126)(H4,95,96,99)(H4,97,98,100)/t59-,60-,61-,62-,63-,64-,65-,66-,67-,68-,69-,70?,76-/m0/s1. The molecule has 760 valence electrons. The number of carbonyl (C=O) groups excluding carboxylic acids is 15. The molecule has 13 atom stereocenters. The predicted octanol–water partition coefficient (Wildman–Crippen LogP) is -4.03. The zero-order valence-corrected chi connectivity index (χ0v) is 78.5. The van der Waals surface area contributed by atoms with Crippen molar-refractivity contribution in [3.05, 3.63) is 132 Å². The maximum atomic E-state index is 15.6. The minimum Gasteiger partial charge on any atom is -0.508 e. The summed E-state index contributed by atoms with van der Waals surface area (Å²) in [6, 6.07) is 3.33. The third-order valence-electron chi connectivity index (χ3n) is 22.8. The summed E-state index contributed by atoms with van der Waals surface area (Å²) < 4.78 is 0. The Kier molecular flexibility index (Phi) is 45.1. The minimum atomic E-state index is -2.13. The van der Waals surface area contributed by atoms with Gasteiger partial charge >= 0.3 is 17.9 Å². The molecule has 140 heavy (non-hydrogen) atoms. The van der Waals surface area contributed by atoms with Gasteiger partial charge in [0.25, 0.3) is 0 Å². The second-order valence-corrected chi connectivity index (χ2v) is 34.9. The van der Waals surface area contributed by atoms with Crippen LogP contribution in [0.25, 0.3) is 21.8 Å². The molecule has 6 aromatic rings. The first-order chi connectivity index (χ1) is 66.6. The molecule has 1 unspecified atom stereocenters. The van der Waals surface area contributed by atoms with Crippen LogP contribution in [0.1, 0.15) is 132 Å². The Balaban J connectivity index is 1.17. The second-order valence-electron chi connectivity index (χ2n) is 34.0. The number of benzene rings is 4. The Morgan fingerprint density at radius 1 is 0.436 bits per heavy atom. The molecule has 0 aliphatic carbocycles. The molecular weight excluding hydrogens is 1840 g/mol. The summed E-state index contributed by atoms with van der Waals surface area (Å²) in [5, 5.41) is 105. The number of hydrogen-bond donors (Lipinski definition) is 29. The van der Waals surface area contributed by atoms with Crippen LogP contribution in [0.4, 0.5) is 0 Å². The first-order valence-electron chi connectivity index (χ1n) is 45.5. The highest BCUT2D eigenvalue weighted by atomic mass is 32.2. The van der Waals surface area contributed by atoms with Crippen molar-refractivity contribution in [1.29, 1.82) is 10.8 Å². The van der Waals surface area contributed by atoms with Gasteiger partial charge in [0.1, 0.15) is 90.5 Å². The molecule has 15 amide bonds. The van der Waals surface area contributed by atoms with E-state index >= 15 is 24.0 Å². The number of nitrogens with one attached hydrogen (secondary N) is 19. The Labute approximate surface area is 808 Å². The number of aromatic amines is 2. The number of amides is 15. The molecule has 1 aliphatic heterocycles. The lowest BCUT2D eigenvalue weighted by atomic mass is 10.0. The van der Waals surface area contributed by atoms with Crippen LogP contribution in [-0.4, -0.2) is 289 Å². The zero-order valence-electron chi connectivity index (χ0n) is 77.7. The van der Waals surface area contributed by atoms with Crippen molar-refractivity contribution in [2.75, 3.05) is 51.3 Å². The normalized spacial score (nSPS) is 14.8. The van der Waals surface area contributed by atoms with Gasteiger partial charge in [-0.05, 0) is 160 Å². The van der Waals surface area contributed by atoms with Crippen molar-refractivity contribution in [1.82, 2.24) is 94.6 Å². The average molecular weight is 1970 g/mol. The zero-order chi connectivity index (χ0) is 103. The lowest BCUT2D eigenvalue weighted by Gasteiger charge is -2.30. The summed E-state index contributed by atoms with van der Waals surface area (Å²) in [6.07, 6.45) is -0.414. The molecule has 0 spiro atoms. The largest absolute Gasteiger partial charge is 0.508 e. The van der Waals surface area contributed by atoms with Crippen LogP contribution >= 0.6 is 11.8 Å². The molecule has 2 aromatic heterocycles. The van der Waals surface area contributed by atoms with E-state index in [1.807, 2.05) is 0 Å². The molecule has 7 rings (SSSR count). The van der Waals surface area contributed by atoms with Gasteiger partial charge in [-0.2, -0.15) is 11.8 Å². The van der Waals surface area contributed by atoms with Crippen molar-refractivity contribution in [2.24, 2.45) is 34.6 Å². The van der Waals surface area contributed by atoms with Gasteiger partial charge in [0.15, 0.2) is 11.9 Å². The van der Waals surface area contributed by atoms with Gasteiger partial charge in [0.05, 0.1) is 19.0 Å². The van der Waals surface area contributed by atoms with Crippen molar-refractivity contribution in [2.45, 2.75) is 214 Å². The third kappa shape index (κ3) is 37.0. The number of H-pyrrole nitrogens is 2. The van der Waals surface area contributed by atoms with Gasteiger partial charge in [0, 0.05) is 92.4 Å². The lowest BCUT2D eigenvalue weighted by molar-refractivity contribution is -0.142. The van der Waals surface area contributed by atoms with Gasteiger partial charge in [-0.15, -0.1) is 0 Å². The van der Waals surface area contributed by atoms with E-state index in [1.165, 1.54) is 65.2 Å². The van der Waals surface area contributed by atoms with Crippen LogP contribution in [0.2, 0.25) is 0 Å². The fraction of sp³-hybridized carbons (Fsp3) is 0.473. The molecule has 0 bridgehead atoms. The number of guanidine groups is 2. The van der Waals surface area contributed by atoms with Gasteiger partial charge in [-0.1, -0.05) is 74.5 Å². The number of carbonyl (C=O) groups is 18. The number of unbranched alkanes of at least 4 members (excludes halogenated alkanes) is 1. The number of nitrogens with two attached hydrogens (primary N) is 5. The molecule has 4 aromatic carbocycles. The molecule has 0 radical (unpaired) electrons. The summed E-state index contributed by atoms with van der Waals surface area (Å²) >= 11 is 1.19. The van der Waals surface area contributed by atoms with E-state index < -0.39 is 243 Å². The summed E-state index contributed by atoms with van der Waals surface area (Å²) in [4.78, 5) is 261. The monoisotopic (exact) mass is 1970 g/mol. The van der Waals surface area contributed by atoms with E-state index in [-0.39, 0.29) is 144 Å². The minimum absolute atomic E-state index is 0.0138. The Morgan fingerprint density at radius 3 is 1.28 bits per heavy atom. The van der Waals surface area contributed by atoms with Gasteiger partial charge < -0.3 is 149 Å². The highest BCUT2D eigenvalue weighted by molar-refractivity contribution is 7.98. The molecule has 49 heteroatoms. The fourth-order valence-electron chi connectivity index (χ4n) is 15.3. The van der Waals surface area contributed by atoms with Crippen LogP contribution < -0.4 is 108 Å². The highest BCUT2D eigenvalue weighted by Crippen LogP contribution is 2.25. The molecule has 48 nitrogen and oxygen atoms in total. The van der Waals surface area contributed by atoms with E-state index in [0.29, 0.717) is 38.5 Å². The number of nitrogens with zero attached hydrogens (tertiary/aromatic N) is 1. The first-order valence-corrected chi connectivity index (χ1v) is 46.9. The molecule has 1 fully saturated rings. The molecule has 1 saturated heterocycles. The van der Waals surface area contributed by atoms with Crippen LogP contribution in [0.15, 0.2) is 109 Å². The Hall–Kier alpha value is -15.2. The first kappa shape index (κ1) is 112. The molecule has 1 aliphatic rings. The Morgan fingerprint density at radius 2 is 0.836 bits per heavy atom. The van der Waals surface area contributed by atoms with Crippen molar-refractivity contribution in [3.8, 4) is 11.5 Å². The quantitative estimate of drug-likeness (QED) is 0.00982. The number of phenolic OH excluding ortho intramolecular Hbond substituents is 2. The lowest BCUT2D eigenvalue weighted by Crippen LogP contribution is -2.61. The number of likely N-dealkylation sites (tertiary alicyclic amines) is 1. The van der Waals surface area contributed by atoms with E-state index in [0.717, 1.165) is 0 Å². The highest BCUT2D eigenvalue weighted by Gasteiger charge is 2.42. The molecule has 34 N–H and O–H groups in total. The SMILES string of the molecule is CSCC[C@H](NC(=O)[C@H](Cc1c[nH]c2ccccc12)NC(=O)[C@H](Cc1c[nH]c2ccccc12)NC(=O)[C@H](CCC(=O)O)NC(=O)C1CCCN1C(=O)[C@H](CCCNC(=N)N)NC(=O)CNC(=O)[C@@H](N)C(C)C)C(=O)N[C@@H](CC(=O)O)C(=O)N[C@@H](Cc1ccc(O)cc1)C(=O)N[C@@H](CCC(N)=O)C(=O)N[C@@H](CCCCN)C(=O)N[C@@H](CCCNC(=N)N)C(=O)N[C@@H](Cc1ccc(O)cc1)C(=O)NCC(=O)O. The van der Waals surface area contributed by atoms with Gasteiger partial charge in [-0.25, -0.2) is 0 Å². The average Bonchev–Trinajstić information content (AvgIpc) is 1.66. The molecule has 3 heterocycles. The van der Waals surface area contributed by atoms with Gasteiger partial charge in [-0.3, -0.25) is 97.1 Å². The fourth-order valence-corrected chi connectivity index (χ4v) is 15.8. The van der Waals surface area contributed by atoms with Crippen LogP contribution in [-0.2, 0) is 112 Å². The van der Waals surface area contributed by atoms with Crippen LogP contribution in [0.3, 0.4) is 0 Å². The van der Waals surface area contributed by atoms with Crippen molar-refractivity contribution in [3.63, 3.8) is 0 Å². The number of carboxylic acids is 3. The number of rotatable bonds is 60. The Bertz CT molecular complexity index is 5350.